The lowest BCUT2D eigenvalue weighted by atomic mass is 9.99. The smallest absolute Gasteiger partial charge is 0.274 e. The van der Waals surface area contributed by atoms with Crippen molar-refractivity contribution in [3.63, 3.8) is 0 Å². The number of aromatic nitrogens is 1. The molecular formula is C20H24ClN3O3. The Bertz CT molecular complexity index is 803. The van der Waals surface area contributed by atoms with Crippen LogP contribution in [0.2, 0.25) is 5.02 Å². The summed E-state index contributed by atoms with van der Waals surface area (Å²) in [6, 6.07) is 6.91. The van der Waals surface area contributed by atoms with Crippen LogP contribution in [0.5, 0.6) is 11.5 Å². The van der Waals surface area contributed by atoms with E-state index < -0.39 is 0 Å². The summed E-state index contributed by atoms with van der Waals surface area (Å²) in [7, 11) is 3.03. The highest BCUT2D eigenvalue weighted by Crippen LogP contribution is 2.36. The SMILES string of the molecule is COc1cc(NC(=O)c2ccc(N3CCC(C)CC3)cn2)c(OC)cc1Cl. The number of methoxy groups -OCH3 is 2. The fraction of sp³-hybridized carbons (Fsp3) is 0.400. The number of halogens is 1. The summed E-state index contributed by atoms with van der Waals surface area (Å²) in [5.41, 5.74) is 1.85. The zero-order chi connectivity index (χ0) is 19.4. The molecule has 1 aliphatic rings. The molecule has 0 radical (unpaired) electrons. The number of anilines is 2. The first-order valence-corrected chi connectivity index (χ1v) is 9.33. The number of nitrogens with one attached hydrogen (secondary N) is 1. The highest BCUT2D eigenvalue weighted by molar-refractivity contribution is 6.32. The topological polar surface area (TPSA) is 63.7 Å². The van der Waals surface area contributed by atoms with E-state index in [2.05, 4.69) is 22.1 Å². The van der Waals surface area contributed by atoms with Crippen molar-refractivity contribution < 1.29 is 14.3 Å². The lowest BCUT2D eigenvalue weighted by Gasteiger charge is -2.31. The third kappa shape index (κ3) is 4.45. The van der Waals surface area contributed by atoms with E-state index >= 15 is 0 Å². The lowest BCUT2D eigenvalue weighted by molar-refractivity contribution is 0.102. The molecule has 0 unspecified atom stereocenters. The number of ether oxygens (including phenoxy) is 2. The average molecular weight is 390 g/mol. The van der Waals surface area contributed by atoms with Gasteiger partial charge in [0.15, 0.2) is 0 Å². The van der Waals surface area contributed by atoms with E-state index in [4.69, 9.17) is 21.1 Å². The third-order valence-corrected chi connectivity index (χ3v) is 5.15. The van der Waals surface area contributed by atoms with Crippen molar-refractivity contribution >= 4 is 28.9 Å². The normalized spacial score (nSPS) is 14.7. The molecule has 1 aliphatic heterocycles. The predicted octanol–water partition coefficient (Wildman–Crippen LogP) is 4.24. The molecule has 1 saturated heterocycles. The van der Waals surface area contributed by atoms with Gasteiger partial charge in [-0.3, -0.25) is 4.79 Å². The first kappa shape index (κ1) is 19.3. The molecule has 1 N–H and O–H groups in total. The second kappa shape index (κ2) is 8.48. The number of hydrogen-bond donors (Lipinski definition) is 1. The monoisotopic (exact) mass is 389 g/mol. The van der Waals surface area contributed by atoms with Crippen molar-refractivity contribution in [2.45, 2.75) is 19.8 Å². The molecule has 0 atom stereocenters. The van der Waals surface area contributed by atoms with Crippen molar-refractivity contribution in [3.05, 3.63) is 41.2 Å². The van der Waals surface area contributed by atoms with Crippen LogP contribution in [0, 0.1) is 5.92 Å². The van der Waals surface area contributed by atoms with Crippen LogP contribution in [0.3, 0.4) is 0 Å². The Morgan fingerprint density at radius 3 is 2.48 bits per heavy atom. The summed E-state index contributed by atoms with van der Waals surface area (Å²) in [4.78, 5) is 19.2. The van der Waals surface area contributed by atoms with Gasteiger partial charge in [-0.15, -0.1) is 0 Å². The maximum absolute atomic E-state index is 12.6. The molecular weight excluding hydrogens is 366 g/mol. The predicted molar refractivity (Wildman–Crippen MR) is 107 cm³/mol. The third-order valence-electron chi connectivity index (χ3n) is 4.85. The number of hydrogen-bond acceptors (Lipinski definition) is 5. The Morgan fingerprint density at radius 1 is 1.19 bits per heavy atom. The van der Waals surface area contributed by atoms with Gasteiger partial charge < -0.3 is 19.7 Å². The van der Waals surface area contributed by atoms with Gasteiger partial charge in [0.25, 0.3) is 5.91 Å². The number of piperidine rings is 1. The van der Waals surface area contributed by atoms with E-state index in [1.807, 2.05) is 6.07 Å². The molecule has 1 aromatic heterocycles. The Labute approximate surface area is 164 Å². The summed E-state index contributed by atoms with van der Waals surface area (Å²) in [6.45, 7) is 4.33. The van der Waals surface area contributed by atoms with Crippen LogP contribution in [0.1, 0.15) is 30.3 Å². The van der Waals surface area contributed by atoms with Gasteiger partial charge >= 0.3 is 0 Å². The molecule has 144 valence electrons. The van der Waals surface area contributed by atoms with E-state index in [0.717, 1.165) is 24.7 Å². The number of carbonyl (C=O) groups is 1. The van der Waals surface area contributed by atoms with E-state index in [9.17, 15) is 4.79 Å². The fourth-order valence-electron chi connectivity index (χ4n) is 3.12. The molecule has 1 amide bonds. The number of amides is 1. The Kier molecular flexibility index (Phi) is 6.06. The highest BCUT2D eigenvalue weighted by Gasteiger charge is 2.18. The molecule has 3 rings (SSSR count). The molecule has 6 nitrogen and oxygen atoms in total. The molecule has 27 heavy (non-hydrogen) atoms. The Morgan fingerprint density at radius 2 is 1.89 bits per heavy atom. The van der Waals surface area contributed by atoms with Gasteiger partial charge in [-0.25, -0.2) is 4.98 Å². The summed E-state index contributed by atoms with van der Waals surface area (Å²) < 4.78 is 10.5. The number of pyridine rings is 1. The van der Waals surface area contributed by atoms with Crippen molar-refractivity contribution in [2.75, 3.05) is 37.5 Å². The van der Waals surface area contributed by atoms with Crippen LogP contribution >= 0.6 is 11.6 Å². The number of carbonyl (C=O) groups excluding carboxylic acids is 1. The zero-order valence-corrected chi connectivity index (χ0v) is 16.5. The molecule has 0 bridgehead atoms. The van der Waals surface area contributed by atoms with Crippen LogP contribution in [0.4, 0.5) is 11.4 Å². The summed E-state index contributed by atoms with van der Waals surface area (Å²) >= 11 is 6.10. The molecule has 1 aromatic carbocycles. The van der Waals surface area contributed by atoms with Gasteiger partial charge in [0.1, 0.15) is 17.2 Å². The van der Waals surface area contributed by atoms with Gasteiger partial charge in [0.05, 0.1) is 36.8 Å². The summed E-state index contributed by atoms with van der Waals surface area (Å²) in [5, 5.41) is 3.21. The second-order valence-corrected chi connectivity index (χ2v) is 7.12. The maximum Gasteiger partial charge on any atom is 0.274 e. The quantitative estimate of drug-likeness (QED) is 0.828. The van der Waals surface area contributed by atoms with Crippen LogP contribution in [0.15, 0.2) is 30.5 Å². The first-order valence-electron chi connectivity index (χ1n) is 8.95. The lowest BCUT2D eigenvalue weighted by Crippen LogP contribution is -2.32. The van der Waals surface area contributed by atoms with E-state index in [1.165, 1.54) is 27.1 Å². The van der Waals surface area contributed by atoms with Crippen LogP contribution in [0.25, 0.3) is 0 Å². The highest BCUT2D eigenvalue weighted by atomic mass is 35.5. The molecule has 1 fully saturated rings. The van der Waals surface area contributed by atoms with Crippen LogP contribution < -0.4 is 19.7 Å². The van der Waals surface area contributed by atoms with Gasteiger partial charge in [0.2, 0.25) is 0 Å². The van der Waals surface area contributed by atoms with Crippen LogP contribution in [-0.4, -0.2) is 38.2 Å². The Hall–Kier alpha value is -2.47. The number of benzene rings is 1. The second-order valence-electron chi connectivity index (χ2n) is 6.71. The van der Waals surface area contributed by atoms with Crippen LogP contribution in [-0.2, 0) is 0 Å². The number of nitrogens with zero attached hydrogens (tertiary/aromatic N) is 2. The maximum atomic E-state index is 12.6. The molecule has 0 spiro atoms. The number of rotatable bonds is 5. The molecule has 7 heteroatoms. The average Bonchev–Trinajstić information content (AvgIpc) is 2.69. The summed E-state index contributed by atoms with van der Waals surface area (Å²) in [5.74, 6) is 1.35. The van der Waals surface area contributed by atoms with Gasteiger partial charge in [0, 0.05) is 25.2 Å². The minimum atomic E-state index is -0.323. The minimum Gasteiger partial charge on any atom is -0.495 e. The largest absolute Gasteiger partial charge is 0.495 e. The zero-order valence-electron chi connectivity index (χ0n) is 15.8. The van der Waals surface area contributed by atoms with Gasteiger partial charge in [-0.2, -0.15) is 0 Å². The van der Waals surface area contributed by atoms with E-state index in [1.54, 1.807) is 24.4 Å². The summed E-state index contributed by atoms with van der Waals surface area (Å²) in [6.07, 6.45) is 4.12. The minimum absolute atomic E-state index is 0.323. The van der Waals surface area contributed by atoms with Gasteiger partial charge in [-0.1, -0.05) is 18.5 Å². The molecule has 2 aromatic rings. The van der Waals surface area contributed by atoms with Gasteiger partial charge in [-0.05, 0) is 30.9 Å². The first-order chi connectivity index (χ1) is 13.0. The van der Waals surface area contributed by atoms with Crippen molar-refractivity contribution in [1.29, 1.82) is 0 Å². The van der Waals surface area contributed by atoms with Crippen molar-refractivity contribution in [3.8, 4) is 11.5 Å². The Balaban J connectivity index is 1.73. The molecule has 0 aliphatic carbocycles. The molecule has 2 heterocycles. The van der Waals surface area contributed by atoms with E-state index in [-0.39, 0.29) is 5.91 Å². The fourth-order valence-corrected chi connectivity index (χ4v) is 3.35. The van der Waals surface area contributed by atoms with E-state index in [0.29, 0.717) is 27.9 Å². The standard InChI is InChI=1S/C20H24ClN3O3/c1-13-6-8-24(9-7-13)14-4-5-16(22-12-14)20(25)23-17-11-18(26-2)15(21)10-19(17)27-3/h4-5,10-13H,6-9H2,1-3H3,(H,23,25). The molecule has 0 saturated carbocycles. The van der Waals surface area contributed by atoms with Crippen molar-refractivity contribution in [2.24, 2.45) is 5.92 Å². The van der Waals surface area contributed by atoms with Crippen molar-refractivity contribution in [1.82, 2.24) is 4.98 Å².